The zero-order chi connectivity index (χ0) is 17.9. The van der Waals surface area contributed by atoms with Crippen LogP contribution in [0, 0.1) is 3.95 Å². The molecule has 1 aliphatic rings. The number of hydrogen-bond donors (Lipinski definition) is 0. The topological polar surface area (TPSA) is 8.17 Å². The summed E-state index contributed by atoms with van der Waals surface area (Å²) in [6.07, 6.45) is 2.41. The monoisotopic (exact) mass is 400 g/mol. The molecule has 4 rings (SSSR count). The number of hydrogen-bond acceptors (Lipinski definition) is 3. The first-order valence-corrected chi connectivity index (χ1v) is 10.6. The average molecular weight is 401 g/mol. The van der Waals surface area contributed by atoms with Crippen LogP contribution in [0.15, 0.2) is 60.0 Å². The minimum absolute atomic E-state index is 0.679. The SMILES string of the molecule is S=c1scc(-c2ccc(Cl)cc2)n1CN1CCC(c2ccccc2)CC1. The van der Waals surface area contributed by atoms with Crippen LogP contribution in [0.5, 0.6) is 0 Å². The normalized spacial score (nSPS) is 16.0. The van der Waals surface area contributed by atoms with E-state index in [4.69, 9.17) is 23.8 Å². The molecule has 0 amide bonds. The Kier molecular flexibility index (Phi) is 5.55. The van der Waals surface area contributed by atoms with E-state index in [0.29, 0.717) is 5.92 Å². The van der Waals surface area contributed by atoms with E-state index in [-0.39, 0.29) is 0 Å². The van der Waals surface area contributed by atoms with Crippen molar-refractivity contribution in [1.29, 1.82) is 0 Å². The lowest BCUT2D eigenvalue weighted by Crippen LogP contribution is -2.34. The van der Waals surface area contributed by atoms with E-state index in [1.807, 2.05) is 12.1 Å². The molecular formula is C21H21ClN2S2. The first kappa shape index (κ1) is 17.9. The van der Waals surface area contributed by atoms with Crippen molar-refractivity contribution in [3.05, 3.63) is 74.5 Å². The lowest BCUT2D eigenvalue weighted by molar-refractivity contribution is 0.170. The molecule has 2 heterocycles. The zero-order valence-corrected chi connectivity index (χ0v) is 16.9. The highest BCUT2D eigenvalue weighted by molar-refractivity contribution is 7.73. The highest BCUT2D eigenvalue weighted by Gasteiger charge is 2.21. The second kappa shape index (κ2) is 8.05. The summed E-state index contributed by atoms with van der Waals surface area (Å²) in [5.41, 5.74) is 3.82. The Bertz CT molecular complexity index is 907. The highest BCUT2D eigenvalue weighted by atomic mass is 35.5. The summed E-state index contributed by atoms with van der Waals surface area (Å²) in [5, 5.41) is 2.92. The van der Waals surface area contributed by atoms with Gasteiger partial charge in [0, 0.05) is 23.5 Å². The summed E-state index contributed by atoms with van der Waals surface area (Å²) < 4.78 is 3.19. The van der Waals surface area contributed by atoms with Crippen LogP contribution in [0.3, 0.4) is 0 Å². The standard InChI is InChI=1S/C21H21ClN2S2/c22-19-8-6-18(7-9-19)20-14-26-21(25)24(20)15-23-12-10-17(11-13-23)16-4-2-1-3-5-16/h1-9,14,17H,10-13,15H2. The van der Waals surface area contributed by atoms with Crippen molar-refractivity contribution in [1.82, 2.24) is 9.47 Å². The van der Waals surface area contributed by atoms with Gasteiger partial charge in [-0.1, -0.05) is 54.1 Å². The molecule has 0 aliphatic carbocycles. The van der Waals surface area contributed by atoms with Crippen LogP contribution in [0.2, 0.25) is 5.02 Å². The van der Waals surface area contributed by atoms with Crippen LogP contribution >= 0.6 is 35.2 Å². The molecule has 3 aromatic rings. The maximum Gasteiger partial charge on any atom is 0.162 e. The second-order valence-electron chi connectivity index (χ2n) is 6.77. The number of aromatic nitrogens is 1. The molecule has 0 unspecified atom stereocenters. The van der Waals surface area contributed by atoms with Gasteiger partial charge < -0.3 is 4.57 Å². The quantitative estimate of drug-likeness (QED) is 0.466. The third kappa shape index (κ3) is 3.94. The van der Waals surface area contributed by atoms with Gasteiger partial charge in [-0.25, -0.2) is 0 Å². The summed E-state index contributed by atoms with van der Waals surface area (Å²) in [4.78, 5) is 2.52. The Balaban J connectivity index is 1.46. The molecule has 1 fully saturated rings. The molecule has 5 heteroatoms. The third-order valence-corrected chi connectivity index (χ3v) is 6.65. The molecule has 134 valence electrons. The number of halogens is 1. The largest absolute Gasteiger partial charge is 0.309 e. The Hall–Kier alpha value is -1.46. The van der Waals surface area contributed by atoms with Crippen molar-refractivity contribution in [3.8, 4) is 11.3 Å². The van der Waals surface area contributed by atoms with Crippen LogP contribution in [0.25, 0.3) is 11.3 Å². The van der Waals surface area contributed by atoms with Crippen LogP contribution < -0.4 is 0 Å². The number of rotatable bonds is 4. The number of thiazole rings is 1. The molecule has 2 nitrogen and oxygen atoms in total. The van der Waals surface area contributed by atoms with E-state index in [1.165, 1.54) is 29.7 Å². The molecule has 0 radical (unpaired) electrons. The van der Waals surface area contributed by atoms with Gasteiger partial charge in [-0.15, -0.1) is 11.3 Å². The summed E-state index contributed by atoms with van der Waals surface area (Å²) >= 11 is 13.3. The molecule has 0 atom stereocenters. The average Bonchev–Trinajstić information content (AvgIpc) is 3.04. The molecule has 1 aromatic heterocycles. The van der Waals surface area contributed by atoms with Crippen LogP contribution in [-0.4, -0.2) is 22.6 Å². The number of benzene rings is 2. The Morgan fingerprint density at radius 3 is 2.38 bits per heavy atom. The van der Waals surface area contributed by atoms with Crippen molar-refractivity contribution < 1.29 is 0 Å². The van der Waals surface area contributed by atoms with Gasteiger partial charge in [0.2, 0.25) is 0 Å². The molecular weight excluding hydrogens is 380 g/mol. The van der Waals surface area contributed by atoms with Crippen molar-refractivity contribution in [3.63, 3.8) is 0 Å². The van der Waals surface area contributed by atoms with Crippen molar-refractivity contribution in [2.75, 3.05) is 13.1 Å². The molecule has 0 saturated carbocycles. The fourth-order valence-corrected chi connectivity index (χ4v) is 4.83. The van der Waals surface area contributed by atoms with Gasteiger partial charge in [0.05, 0.1) is 12.4 Å². The van der Waals surface area contributed by atoms with Crippen molar-refractivity contribution in [2.24, 2.45) is 0 Å². The Labute approximate surface area is 168 Å². The molecule has 0 N–H and O–H groups in total. The van der Waals surface area contributed by atoms with Crippen LogP contribution in [-0.2, 0) is 6.67 Å². The fourth-order valence-electron chi connectivity index (χ4n) is 3.64. The molecule has 26 heavy (non-hydrogen) atoms. The maximum atomic E-state index is 6.03. The lowest BCUT2D eigenvalue weighted by atomic mass is 9.90. The van der Waals surface area contributed by atoms with Crippen LogP contribution in [0.1, 0.15) is 24.3 Å². The first-order chi connectivity index (χ1) is 12.7. The molecule has 2 aromatic carbocycles. The third-order valence-electron chi connectivity index (χ3n) is 5.12. The first-order valence-electron chi connectivity index (χ1n) is 8.92. The van der Waals surface area contributed by atoms with Crippen molar-refractivity contribution in [2.45, 2.75) is 25.4 Å². The minimum Gasteiger partial charge on any atom is -0.309 e. The summed E-state index contributed by atoms with van der Waals surface area (Å²) in [6.45, 7) is 3.08. The zero-order valence-electron chi connectivity index (χ0n) is 14.5. The molecule has 0 bridgehead atoms. The Morgan fingerprint density at radius 2 is 1.69 bits per heavy atom. The maximum absolute atomic E-state index is 6.03. The number of nitrogens with zero attached hydrogens (tertiary/aromatic N) is 2. The minimum atomic E-state index is 0.679. The van der Waals surface area contributed by atoms with E-state index in [2.05, 4.69) is 57.3 Å². The van der Waals surface area contributed by atoms with E-state index in [0.717, 1.165) is 28.7 Å². The van der Waals surface area contributed by atoms with Crippen LogP contribution in [0.4, 0.5) is 0 Å². The van der Waals surface area contributed by atoms with E-state index >= 15 is 0 Å². The highest BCUT2D eigenvalue weighted by Crippen LogP contribution is 2.30. The van der Waals surface area contributed by atoms with Gasteiger partial charge in [0.1, 0.15) is 0 Å². The van der Waals surface area contributed by atoms with Gasteiger partial charge in [0.15, 0.2) is 3.95 Å². The smallest absolute Gasteiger partial charge is 0.162 e. The fraction of sp³-hybridized carbons (Fsp3) is 0.286. The molecule has 0 spiro atoms. The molecule has 1 saturated heterocycles. The number of likely N-dealkylation sites (tertiary alicyclic amines) is 1. The Morgan fingerprint density at radius 1 is 1.00 bits per heavy atom. The summed E-state index contributed by atoms with van der Waals surface area (Å²) in [7, 11) is 0. The van der Waals surface area contributed by atoms with Gasteiger partial charge in [-0.2, -0.15) is 0 Å². The van der Waals surface area contributed by atoms with E-state index < -0.39 is 0 Å². The van der Waals surface area contributed by atoms with Gasteiger partial charge >= 0.3 is 0 Å². The molecule has 1 aliphatic heterocycles. The predicted molar refractivity (Wildman–Crippen MR) is 114 cm³/mol. The van der Waals surface area contributed by atoms with E-state index in [1.54, 1.807) is 11.3 Å². The second-order valence-corrected chi connectivity index (χ2v) is 8.71. The van der Waals surface area contributed by atoms with Crippen molar-refractivity contribution >= 4 is 35.2 Å². The lowest BCUT2D eigenvalue weighted by Gasteiger charge is -2.32. The summed E-state index contributed by atoms with van der Waals surface area (Å²) in [6, 6.07) is 18.9. The predicted octanol–water partition coefficient (Wildman–Crippen LogP) is 6.44. The van der Waals surface area contributed by atoms with Gasteiger partial charge in [-0.3, -0.25) is 4.90 Å². The number of piperidine rings is 1. The van der Waals surface area contributed by atoms with Gasteiger partial charge in [0.25, 0.3) is 0 Å². The summed E-state index contributed by atoms with van der Waals surface area (Å²) in [5.74, 6) is 0.679. The van der Waals surface area contributed by atoms with E-state index in [9.17, 15) is 0 Å². The van der Waals surface area contributed by atoms with Gasteiger partial charge in [-0.05, 0) is 54.2 Å².